The summed E-state index contributed by atoms with van der Waals surface area (Å²) in [4.78, 5) is 30.5. The SMILES string of the molecule is C=CC(=O)N1CCN(c2nc(OC[C@@H]3C[C@@H](F)CN3C)nc3c2CCN(c2cc(Oc4ccccc4)cc4ccccc24)C3)CC1. The molecule has 9 nitrogen and oxygen atoms in total. The van der Waals surface area contributed by atoms with Crippen LogP contribution in [0.5, 0.6) is 17.5 Å². The minimum Gasteiger partial charge on any atom is -0.462 e. The minimum atomic E-state index is -0.849. The highest BCUT2D eigenvalue weighted by Crippen LogP contribution is 2.38. The van der Waals surface area contributed by atoms with Gasteiger partial charge in [0.1, 0.15) is 30.1 Å². The first-order valence-corrected chi connectivity index (χ1v) is 16.0. The van der Waals surface area contributed by atoms with Gasteiger partial charge in [-0.2, -0.15) is 9.97 Å². The third-order valence-electron chi connectivity index (χ3n) is 9.26. The van der Waals surface area contributed by atoms with E-state index in [9.17, 15) is 9.18 Å². The molecular formula is C36H39FN6O3. The van der Waals surface area contributed by atoms with Crippen LogP contribution in [0.2, 0.25) is 0 Å². The Hall–Kier alpha value is -4.70. The summed E-state index contributed by atoms with van der Waals surface area (Å²) >= 11 is 0. The molecule has 0 bridgehead atoms. The molecule has 4 heterocycles. The number of alkyl halides is 1. The maximum Gasteiger partial charge on any atom is 0.318 e. The molecule has 7 rings (SSSR count). The van der Waals surface area contributed by atoms with E-state index < -0.39 is 6.17 Å². The van der Waals surface area contributed by atoms with Gasteiger partial charge >= 0.3 is 6.01 Å². The van der Waals surface area contributed by atoms with Crippen LogP contribution >= 0.6 is 0 Å². The Balaban J connectivity index is 1.20. The highest BCUT2D eigenvalue weighted by Gasteiger charge is 2.32. The van der Waals surface area contributed by atoms with Crippen molar-refractivity contribution in [3.63, 3.8) is 0 Å². The monoisotopic (exact) mass is 622 g/mol. The fourth-order valence-electron chi connectivity index (χ4n) is 6.77. The molecule has 1 amide bonds. The molecule has 0 unspecified atom stereocenters. The summed E-state index contributed by atoms with van der Waals surface area (Å²) in [5.74, 6) is 2.37. The fraction of sp³-hybridized carbons (Fsp3) is 0.361. The number of para-hydroxylation sites is 1. The van der Waals surface area contributed by atoms with Crippen LogP contribution in [0.25, 0.3) is 10.8 Å². The average molecular weight is 623 g/mol. The number of amides is 1. The normalized spacial score (nSPS) is 20.1. The van der Waals surface area contributed by atoms with Gasteiger partial charge in [0.15, 0.2) is 0 Å². The molecule has 2 atom stereocenters. The van der Waals surface area contributed by atoms with Crippen LogP contribution in [-0.4, -0.2) is 90.8 Å². The Morgan fingerprint density at radius 2 is 1.76 bits per heavy atom. The van der Waals surface area contributed by atoms with Crippen molar-refractivity contribution in [2.75, 3.05) is 62.7 Å². The number of carbonyl (C=O) groups is 1. The van der Waals surface area contributed by atoms with Gasteiger partial charge in [-0.1, -0.05) is 49.0 Å². The molecule has 10 heteroatoms. The number of anilines is 2. The predicted molar refractivity (Wildman–Crippen MR) is 178 cm³/mol. The number of fused-ring (bicyclic) bond motifs is 2. The van der Waals surface area contributed by atoms with Gasteiger partial charge in [0.2, 0.25) is 5.91 Å². The number of benzene rings is 3. The number of hydrogen-bond donors (Lipinski definition) is 0. The maximum absolute atomic E-state index is 14.1. The highest BCUT2D eigenvalue weighted by atomic mass is 19.1. The van der Waals surface area contributed by atoms with Crippen molar-refractivity contribution in [3.05, 3.63) is 90.6 Å². The molecule has 1 aromatic heterocycles. The van der Waals surface area contributed by atoms with Gasteiger partial charge in [-0.15, -0.1) is 0 Å². The van der Waals surface area contributed by atoms with Crippen molar-refractivity contribution >= 4 is 28.2 Å². The number of ether oxygens (including phenoxy) is 2. The molecule has 2 saturated heterocycles. The first-order valence-electron chi connectivity index (χ1n) is 16.0. The molecule has 0 spiro atoms. The Labute approximate surface area is 268 Å². The summed E-state index contributed by atoms with van der Waals surface area (Å²) in [6, 6.07) is 22.6. The maximum atomic E-state index is 14.1. The summed E-state index contributed by atoms with van der Waals surface area (Å²) in [5.41, 5.74) is 3.10. The van der Waals surface area contributed by atoms with Crippen LogP contribution in [0.4, 0.5) is 15.9 Å². The first kappa shape index (κ1) is 30.0. The summed E-state index contributed by atoms with van der Waals surface area (Å²) in [7, 11) is 1.93. The van der Waals surface area contributed by atoms with E-state index in [2.05, 4.69) is 46.7 Å². The lowest BCUT2D eigenvalue weighted by atomic mass is 10.0. The van der Waals surface area contributed by atoms with E-state index in [1.54, 1.807) is 0 Å². The summed E-state index contributed by atoms with van der Waals surface area (Å²) < 4.78 is 26.6. The molecule has 4 aromatic rings. The lowest BCUT2D eigenvalue weighted by molar-refractivity contribution is -0.126. The molecule has 0 radical (unpaired) electrons. The number of nitrogens with zero attached hydrogens (tertiary/aromatic N) is 6. The molecule has 46 heavy (non-hydrogen) atoms. The van der Waals surface area contributed by atoms with Crippen LogP contribution in [0.3, 0.4) is 0 Å². The molecule has 0 saturated carbocycles. The number of likely N-dealkylation sites (N-methyl/N-ethyl adjacent to an activating group) is 1. The quantitative estimate of drug-likeness (QED) is 0.247. The van der Waals surface area contributed by atoms with Crippen molar-refractivity contribution in [1.29, 1.82) is 0 Å². The molecular weight excluding hydrogens is 583 g/mol. The molecule has 0 aliphatic carbocycles. The van der Waals surface area contributed by atoms with Gasteiger partial charge in [0, 0.05) is 68.0 Å². The predicted octanol–water partition coefficient (Wildman–Crippen LogP) is 5.24. The van der Waals surface area contributed by atoms with Crippen molar-refractivity contribution in [2.24, 2.45) is 0 Å². The molecule has 3 aliphatic heterocycles. The fourth-order valence-corrected chi connectivity index (χ4v) is 6.77. The highest BCUT2D eigenvalue weighted by molar-refractivity contribution is 5.96. The third-order valence-corrected chi connectivity index (χ3v) is 9.26. The lowest BCUT2D eigenvalue weighted by Crippen LogP contribution is -2.49. The molecule has 238 valence electrons. The molecule has 3 aliphatic rings. The van der Waals surface area contributed by atoms with Crippen LogP contribution in [0.1, 0.15) is 17.7 Å². The molecule has 3 aromatic carbocycles. The van der Waals surface area contributed by atoms with E-state index in [0.717, 1.165) is 58.0 Å². The second-order valence-corrected chi connectivity index (χ2v) is 12.3. The van der Waals surface area contributed by atoms with Crippen molar-refractivity contribution in [2.45, 2.75) is 31.6 Å². The zero-order valence-corrected chi connectivity index (χ0v) is 26.1. The Kier molecular flexibility index (Phi) is 8.45. The smallest absolute Gasteiger partial charge is 0.318 e. The standard InChI is InChI=1S/C36H39FN6O3/c1-3-34(44)41-15-17-42(18-16-41)35-31-13-14-43(23-32(31)38-36(39-35)45-24-27-20-26(37)22-40(27)2)33-21-29(46-28-10-5-4-6-11-28)19-25-9-7-8-12-30(25)33/h3-12,19,21,26-27H,1,13-18,20,22-24H2,2H3/t26-,27+/m1/s1. The Bertz CT molecular complexity index is 1730. The molecule has 2 fully saturated rings. The van der Waals surface area contributed by atoms with E-state index in [0.29, 0.717) is 58.3 Å². The largest absolute Gasteiger partial charge is 0.462 e. The van der Waals surface area contributed by atoms with Crippen molar-refractivity contribution in [3.8, 4) is 17.5 Å². The van der Waals surface area contributed by atoms with E-state index in [1.165, 1.54) is 6.08 Å². The third kappa shape index (κ3) is 6.22. The number of piperazine rings is 1. The van der Waals surface area contributed by atoms with E-state index in [1.807, 2.05) is 53.2 Å². The van der Waals surface area contributed by atoms with Crippen molar-refractivity contribution in [1.82, 2.24) is 19.8 Å². The Morgan fingerprint density at radius 1 is 0.978 bits per heavy atom. The second kappa shape index (κ2) is 13.0. The second-order valence-electron chi connectivity index (χ2n) is 12.3. The van der Waals surface area contributed by atoms with Crippen molar-refractivity contribution < 1.29 is 18.7 Å². The van der Waals surface area contributed by atoms with E-state index in [4.69, 9.17) is 19.4 Å². The first-order chi connectivity index (χ1) is 22.4. The number of hydrogen-bond acceptors (Lipinski definition) is 8. The summed E-state index contributed by atoms with van der Waals surface area (Å²) in [5, 5.41) is 2.24. The number of likely N-dealkylation sites (tertiary alicyclic amines) is 1. The van der Waals surface area contributed by atoms with Crippen LogP contribution in [0, 0.1) is 0 Å². The Morgan fingerprint density at radius 3 is 2.52 bits per heavy atom. The van der Waals surface area contributed by atoms with Gasteiger partial charge in [0.05, 0.1) is 12.2 Å². The van der Waals surface area contributed by atoms with Gasteiger partial charge in [-0.3, -0.25) is 9.69 Å². The summed E-state index contributed by atoms with van der Waals surface area (Å²) in [6.07, 6.45) is 1.71. The van der Waals surface area contributed by atoms with Gasteiger partial charge in [-0.25, -0.2) is 4.39 Å². The zero-order chi connectivity index (χ0) is 31.6. The average Bonchev–Trinajstić information content (AvgIpc) is 3.42. The van der Waals surface area contributed by atoms with Crippen LogP contribution in [-0.2, 0) is 17.8 Å². The van der Waals surface area contributed by atoms with Crippen LogP contribution in [0.15, 0.2) is 79.4 Å². The topological polar surface area (TPSA) is 74.3 Å². The molecule has 0 N–H and O–H groups in total. The van der Waals surface area contributed by atoms with Gasteiger partial charge in [0.25, 0.3) is 0 Å². The van der Waals surface area contributed by atoms with Crippen LogP contribution < -0.4 is 19.3 Å². The number of carbonyl (C=O) groups excluding carboxylic acids is 1. The lowest BCUT2D eigenvalue weighted by Gasteiger charge is -2.38. The zero-order valence-electron chi connectivity index (χ0n) is 26.1. The summed E-state index contributed by atoms with van der Waals surface area (Å²) in [6.45, 7) is 8.23. The number of rotatable bonds is 8. The van der Waals surface area contributed by atoms with Gasteiger partial charge in [-0.05, 0) is 49.6 Å². The van der Waals surface area contributed by atoms with E-state index in [-0.39, 0.29) is 11.9 Å². The minimum absolute atomic E-state index is 0.0261. The van der Waals surface area contributed by atoms with E-state index >= 15 is 0 Å². The number of halogens is 1. The number of aromatic nitrogens is 2. The van der Waals surface area contributed by atoms with Gasteiger partial charge < -0.3 is 24.2 Å².